The van der Waals surface area contributed by atoms with Crippen molar-refractivity contribution in [1.29, 1.82) is 0 Å². The summed E-state index contributed by atoms with van der Waals surface area (Å²) in [4.78, 5) is 14.7. The molecule has 0 spiro atoms. The van der Waals surface area contributed by atoms with Gasteiger partial charge in [0.25, 0.3) is 0 Å². The Hall–Kier alpha value is -1.18. The molecule has 5 nitrogen and oxygen atoms in total. The topological polar surface area (TPSA) is 60.4 Å². The van der Waals surface area contributed by atoms with Gasteiger partial charge in [0.05, 0.1) is 10.6 Å². The van der Waals surface area contributed by atoms with Gasteiger partial charge < -0.3 is 0 Å². The van der Waals surface area contributed by atoms with Crippen LogP contribution in [0.3, 0.4) is 0 Å². The molecule has 0 saturated carbocycles. The third-order valence-corrected chi connectivity index (χ3v) is 3.55. The molecule has 0 atom stereocenters. The quantitative estimate of drug-likeness (QED) is 0.461. The minimum atomic E-state index is -0.382. The second-order valence-electron chi connectivity index (χ2n) is 3.29. The van der Waals surface area contributed by atoms with E-state index < -0.39 is 0 Å². The largest absolute Gasteiger partial charge is 0.315 e. The van der Waals surface area contributed by atoms with Gasteiger partial charge in [-0.25, -0.2) is 4.98 Å². The van der Waals surface area contributed by atoms with Crippen LogP contribution in [0.2, 0.25) is 0 Å². The zero-order valence-corrected chi connectivity index (χ0v) is 10.3. The number of fused-ring (bicyclic) bond motifs is 1. The summed E-state index contributed by atoms with van der Waals surface area (Å²) in [6.07, 6.45) is 1.80. The van der Waals surface area contributed by atoms with Gasteiger partial charge in [-0.2, -0.15) is 0 Å². The molecule has 2 aromatic rings. The molecular weight excluding hydrogens is 309 g/mol. The minimum Gasteiger partial charge on any atom is -0.289 e. The zero-order chi connectivity index (χ0) is 11.2. The number of aromatic nitrogens is 2. The van der Waals surface area contributed by atoms with Gasteiger partial charge in [-0.05, 0) is 42.5 Å². The number of hydrogen-bond acceptors (Lipinski definition) is 3. The highest BCUT2D eigenvalue weighted by atomic mass is 127. The van der Waals surface area contributed by atoms with Crippen molar-refractivity contribution >= 4 is 33.9 Å². The van der Waals surface area contributed by atoms with E-state index >= 15 is 0 Å². The van der Waals surface area contributed by atoms with Crippen molar-refractivity contribution in [3.05, 3.63) is 37.3 Å². The number of hydrogen-bond donors (Lipinski definition) is 0. The number of halogens is 1. The maximum Gasteiger partial charge on any atom is 0.315 e. The van der Waals surface area contributed by atoms with Crippen molar-refractivity contribution in [2.45, 2.75) is 13.8 Å². The average Bonchev–Trinajstić information content (AvgIpc) is 2.42. The molecular formula is C9H8IN3O2. The van der Waals surface area contributed by atoms with E-state index in [0.29, 0.717) is 11.2 Å². The van der Waals surface area contributed by atoms with Crippen molar-refractivity contribution in [2.75, 3.05) is 0 Å². The van der Waals surface area contributed by atoms with E-state index in [1.165, 1.54) is 0 Å². The standard InChI is InChI=1S/C9H8IN3O2/c1-5-3-4-12-8(10)6(2)11-9(12)7(5)13(14)15/h3-4H,1-2H3. The van der Waals surface area contributed by atoms with Crippen molar-refractivity contribution in [2.24, 2.45) is 0 Å². The molecule has 0 aliphatic rings. The van der Waals surface area contributed by atoms with Crippen molar-refractivity contribution in [1.82, 2.24) is 9.38 Å². The van der Waals surface area contributed by atoms with E-state index in [0.717, 1.165) is 9.39 Å². The Bertz CT molecular complexity index is 562. The molecule has 0 aliphatic heterocycles. The lowest BCUT2D eigenvalue weighted by Crippen LogP contribution is -1.97. The Morgan fingerprint density at radius 2 is 2.20 bits per heavy atom. The Kier molecular flexibility index (Phi) is 2.37. The highest BCUT2D eigenvalue weighted by Crippen LogP contribution is 2.26. The van der Waals surface area contributed by atoms with E-state index in [1.54, 1.807) is 23.6 Å². The zero-order valence-electron chi connectivity index (χ0n) is 8.19. The first-order valence-electron chi connectivity index (χ1n) is 4.30. The molecule has 0 aromatic carbocycles. The van der Waals surface area contributed by atoms with E-state index in [4.69, 9.17) is 0 Å². The Morgan fingerprint density at radius 1 is 1.53 bits per heavy atom. The van der Waals surface area contributed by atoms with Crippen LogP contribution in [0.1, 0.15) is 11.3 Å². The van der Waals surface area contributed by atoms with Gasteiger partial charge in [-0.1, -0.05) is 0 Å². The smallest absolute Gasteiger partial charge is 0.289 e. The Morgan fingerprint density at radius 3 is 2.80 bits per heavy atom. The summed E-state index contributed by atoms with van der Waals surface area (Å²) in [5.74, 6) is 0. The third kappa shape index (κ3) is 1.48. The maximum atomic E-state index is 10.9. The van der Waals surface area contributed by atoms with Gasteiger partial charge in [-0.15, -0.1) is 0 Å². The van der Waals surface area contributed by atoms with E-state index in [1.807, 2.05) is 6.92 Å². The first kappa shape index (κ1) is 10.3. The highest BCUT2D eigenvalue weighted by molar-refractivity contribution is 14.1. The second-order valence-corrected chi connectivity index (χ2v) is 4.31. The fourth-order valence-electron chi connectivity index (χ4n) is 1.50. The summed E-state index contributed by atoms with van der Waals surface area (Å²) in [5, 5.41) is 10.9. The van der Waals surface area contributed by atoms with Gasteiger partial charge in [-0.3, -0.25) is 14.5 Å². The second kappa shape index (κ2) is 3.44. The van der Waals surface area contributed by atoms with Crippen LogP contribution in [0.25, 0.3) is 5.65 Å². The van der Waals surface area contributed by atoms with Crippen LogP contribution < -0.4 is 0 Å². The minimum absolute atomic E-state index is 0.0866. The van der Waals surface area contributed by atoms with Crippen LogP contribution in [0.15, 0.2) is 12.3 Å². The molecule has 0 aliphatic carbocycles. The summed E-state index contributed by atoms with van der Waals surface area (Å²) in [6.45, 7) is 3.56. The molecule has 6 heteroatoms. The van der Waals surface area contributed by atoms with Gasteiger partial charge in [0.2, 0.25) is 5.65 Å². The molecule has 0 N–H and O–H groups in total. The van der Waals surface area contributed by atoms with Gasteiger partial charge in [0.1, 0.15) is 3.70 Å². The number of nitrogens with zero attached hydrogens (tertiary/aromatic N) is 3. The Labute approximate surface area is 99.4 Å². The first-order valence-corrected chi connectivity index (χ1v) is 5.38. The normalized spacial score (nSPS) is 10.9. The predicted octanol–water partition coefficient (Wildman–Crippen LogP) is 2.46. The number of imidazole rings is 1. The fraction of sp³-hybridized carbons (Fsp3) is 0.222. The SMILES string of the molecule is Cc1ccn2c(I)c(C)nc2c1[N+](=O)[O-]. The summed E-state index contributed by atoms with van der Waals surface area (Å²) in [6, 6.07) is 1.73. The van der Waals surface area contributed by atoms with Crippen molar-refractivity contribution in [3.63, 3.8) is 0 Å². The van der Waals surface area contributed by atoms with Gasteiger partial charge in [0, 0.05) is 11.8 Å². The monoisotopic (exact) mass is 317 g/mol. The lowest BCUT2D eigenvalue weighted by molar-refractivity contribution is -0.384. The first-order chi connectivity index (χ1) is 7.02. The molecule has 2 rings (SSSR count). The van der Waals surface area contributed by atoms with Gasteiger partial charge in [0.15, 0.2) is 0 Å². The lowest BCUT2D eigenvalue weighted by Gasteiger charge is -1.99. The van der Waals surface area contributed by atoms with Crippen LogP contribution in [-0.4, -0.2) is 14.3 Å². The van der Waals surface area contributed by atoms with E-state index in [-0.39, 0.29) is 10.6 Å². The molecule has 0 saturated heterocycles. The molecule has 2 aromatic heterocycles. The summed E-state index contributed by atoms with van der Waals surface area (Å²) in [7, 11) is 0. The van der Waals surface area contributed by atoms with Gasteiger partial charge >= 0.3 is 5.69 Å². The molecule has 0 fully saturated rings. The molecule has 0 amide bonds. The summed E-state index contributed by atoms with van der Waals surface area (Å²) < 4.78 is 2.65. The fourth-order valence-corrected chi connectivity index (χ4v) is 2.01. The van der Waals surface area contributed by atoms with Crippen molar-refractivity contribution in [3.8, 4) is 0 Å². The highest BCUT2D eigenvalue weighted by Gasteiger charge is 2.20. The van der Waals surface area contributed by atoms with Crippen molar-refractivity contribution < 1.29 is 4.92 Å². The number of rotatable bonds is 1. The van der Waals surface area contributed by atoms with Crippen LogP contribution in [0.4, 0.5) is 5.69 Å². The number of nitro groups is 1. The number of aryl methyl sites for hydroxylation is 2. The Balaban J connectivity index is 2.94. The molecule has 2 heterocycles. The number of pyridine rings is 1. The molecule has 0 unspecified atom stereocenters. The molecule has 15 heavy (non-hydrogen) atoms. The third-order valence-electron chi connectivity index (χ3n) is 2.25. The molecule has 0 radical (unpaired) electrons. The maximum absolute atomic E-state index is 10.9. The lowest BCUT2D eigenvalue weighted by atomic mass is 10.2. The molecule has 78 valence electrons. The van der Waals surface area contributed by atoms with E-state index in [2.05, 4.69) is 27.6 Å². The summed E-state index contributed by atoms with van der Waals surface area (Å²) >= 11 is 2.13. The predicted molar refractivity (Wildman–Crippen MR) is 64.0 cm³/mol. The average molecular weight is 317 g/mol. The van der Waals surface area contributed by atoms with E-state index in [9.17, 15) is 10.1 Å². The summed E-state index contributed by atoms with van der Waals surface area (Å²) in [5.41, 5.74) is 1.95. The van der Waals surface area contributed by atoms with Crippen LogP contribution in [0, 0.1) is 27.7 Å². The molecule has 0 bridgehead atoms. The van der Waals surface area contributed by atoms with Crippen LogP contribution >= 0.6 is 22.6 Å². The van der Waals surface area contributed by atoms with Crippen LogP contribution in [-0.2, 0) is 0 Å². The van der Waals surface area contributed by atoms with Crippen LogP contribution in [0.5, 0.6) is 0 Å².